The average molecular weight is 368 g/mol. The third-order valence-corrected chi connectivity index (χ3v) is 3.99. The second kappa shape index (κ2) is 8.13. The molecule has 0 fully saturated rings. The molecule has 0 saturated heterocycles. The van der Waals surface area contributed by atoms with E-state index < -0.39 is 6.03 Å². The van der Waals surface area contributed by atoms with Gasteiger partial charge in [-0.05, 0) is 36.4 Å². The number of ether oxygens (including phenoxy) is 1. The number of hydrogen-bond donors (Lipinski definition) is 3. The number of amides is 3. The minimum absolute atomic E-state index is 0.291. The Hall–Kier alpha value is -3.39. The van der Waals surface area contributed by atoms with E-state index in [9.17, 15) is 9.59 Å². The molecular formula is C18H16N4O3S. The number of rotatable bonds is 6. The Bertz CT molecular complexity index is 912. The van der Waals surface area contributed by atoms with E-state index in [1.54, 1.807) is 54.0 Å². The molecule has 0 radical (unpaired) electrons. The Labute approximate surface area is 153 Å². The summed E-state index contributed by atoms with van der Waals surface area (Å²) < 4.78 is 5.66. The first-order valence-corrected chi connectivity index (χ1v) is 8.62. The summed E-state index contributed by atoms with van der Waals surface area (Å²) in [4.78, 5) is 27.5. The molecule has 1 aromatic heterocycles. The number of carbonyl (C=O) groups excluding carboxylic acids is 2. The van der Waals surface area contributed by atoms with Crippen LogP contribution >= 0.6 is 11.3 Å². The third kappa shape index (κ3) is 4.81. The van der Waals surface area contributed by atoms with Crippen molar-refractivity contribution in [2.45, 2.75) is 6.61 Å². The number of aromatic nitrogens is 1. The van der Waals surface area contributed by atoms with Gasteiger partial charge in [-0.1, -0.05) is 12.1 Å². The van der Waals surface area contributed by atoms with Crippen LogP contribution in [0.1, 0.15) is 16.1 Å². The van der Waals surface area contributed by atoms with E-state index in [0.29, 0.717) is 29.3 Å². The smallest absolute Gasteiger partial charge is 0.316 e. The molecule has 1 heterocycles. The fourth-order valence-corrected chi connectivity index (χ4v) is 2.76. The summed E-state index contributed by atoms with van der Waals surface area (Å²) in [6, 6.07) is 12.9. The lowest BCUT2D eigenvalue weighted by Gasteiger charge is -2.09. The molecule has 3 amide bonds. The first-order valence-electron chi connectivity index (χ1n) is 7.68. The van der Waals surface area contributed by atoms with E-state index in [4.69, 9.17) is 10.5 Å². The van der Waals surface area contributed by atoms with Gasteiger partial charge >= 0.3 is 6.03 Å². The van der Waals surface area contributed by atoms with E-state index in [2.05, 4.69) is 15.6 Å². The topological polar surface area (TPSA) is 106 Å². The number of nitrogens with zero attached hydrogens (tertiary/aromatic N) is 1. The second-order valence-electron chi connectivity index (χ2n) is 5.32. The third-order valence-electron chi connectivity index (χ3n) is 3.35. The molecule has 0 aliphatic heterocycles. The van der Waals surface area contributed by atoms with Crippen molar-refractivity contribution in [3.05, 3.63) is 70.7 Å². The normalized spacial score (nSPS) is 10.2. The summed E-state index contributed by atoms with van der Waals surface area (Å²) >= 11 is 1.50. The second-order valence-corrected chi connectivity index (χ2v) is 6.04. The van der Waals surface area contributed by atoms with Gasteiger partial charge in [0.2, 0.25) is 0 Å². The van der Waals surface area contributed by atoms with Crippen molar-refractivity contribution in [1.29, 1.82) is 0 Å². The number of benzene rings is 2. The Morgan fingerprint density at radius 1 is 1.08 bits per heavy atom. The van der Waals surface area contributed by atoms with Crippen LogP contribution in [0.25, 0.3) is 0 Å². The Morgan fingerprint density at radius 2 is 1.85 bits per heavy atom. The summed E-state index contributed by atoms with van der Waals surface area (Å²) in [7, 11) is 0. The fourth-order valence-electron chi connectivity index (χ4n) is 2.21. The molecule has 3 aromatic rings. The summed E-state index contributed by atoms with van der Waals surface area (Å²) in [5.41, 5.74) is 9.15. The zero-order chi connectivity index (χ0) is 18.4. The maximum Gasteiger partial charge on any atom is 0.316 e. The largest absolute Gasteiger partial charge is 0.487 e. The Balaban J connectivity index is 1.66. The summed E-state index contributed by atoms with van der Waals surface area (Å²) in [6.45, 7) is 0.343. The van der Waals surface area contributed by atoms with Crippen LogP contribution in [-0.4, -0.2) is 16.9 Å². The minimum atomic E-state index is -0.668. The van der Waals surface area contributed by atoms with Crippen LogP contribution in [0.15, 0.2) is 59.4 Å². The van der Waals surface area contributed by atoms with Crippen LogP contribution in [-0.2, 0) is 6.61 Å². The predicted octanol–water partition coefficient (Wildman–Crippen LogP) is 3.47. The van der Waals surface area contributed by atoms with Crippen molar-refractivity contribution >= 4 is 34.6 Å². The number of carbonyl (C=O) groups is 2. The van der Waals surface area contributed by atoms with E-state index in [-0.39, 0.29) is 5.91 Å². The highest BCUT2D eigenvalue weighted by molar-refractivity contribution is 7.07. The van der Waals surface area contributed by atoms with Crippen molar-refractivity contribution in [2.75, 3.05) is 10.6 Å². The van der Waals surface area contributed by atoms with Crippen molar-refractivity contribution in [3.8, 4) is 5.75 Å². The molecule has 132 valence electrons. The molecule has 0 saturated carbocycles. The first-order chi connectivity index (χ1) is 12.6. The van der Waals surface area contributed by atoms with Gasteiger partial charge < -0.3 is 21.1 Å². The molecule has 0 unspecified atom stereocenters. The minimum Gasteiger partial charge on any atom is -0.487 e. The highest BCUT2D eigenvalue weighted by Crippen LogP contribution is 2.19. The summed E-state index contributed by atoms with van der Waals surface area (Å²) in [5.74, 6) is 0.287. The van der Waals surface area contributed by atoms with Crippen LogP contribution in [0.4, 0.5) is 16.2 Å². The van der Waals surface area contributed by atoms with E-state index in [0.717, 1.165) is 5.69 Å². The summed E-state index contributed by atoms with van der Waals surface area (Å²) in [6.07, 6.45) is 0. The molecule has 3 rings (SSSR count). The Morgan fingerprint density at radius 3 is 2.58 bits per heavy atom. The highest BCUT2D eigenvalue weighted by atomic mass is 32.1. The monoisotopic (exact) mass is 368 g/mol. The van der Waals surface area contributed by atoms with Crippen LogP contribution < -0.4 is 21.1 Å². The van der Waals surface area contributed by atoms with Gasteiger partial charge in [0.1, 0.15) is 12.4 Å². The number of hydrogen-bond acceptors (Lipinski definition) is 5. The van der Waals surface area contributed by atoms with Crippen molar-refractivity contribution in [3.63, 3.8) is 0 Å². The standard InChI is InChI=1S/C18H16N4O3S/c19-18(24)22-14-5-2-4-13(8-14)21-17(23)12-3-1-6-16(7-12)25-9-15-10-26-11-20-15/h1-8,10-11H,9H2,(H,21,23)(H3,19,22,24). The molecule has 0 aliphatic carbocycles. The van der Waals surface area contributed by atoms with Crippen LogP contribution in [0, 0.1) is 0 Å². The highest BCUT2D eigenvalue weighted by Gasteiger charge is 2.08. The average Bonchev–Trinajstić information content (AvgIpc) is 3.13. The lowest BCUT2D eigenvalue weighted by atomic mass is 10.2. The lowest BCUT2D eigenvalue weighted by Crippen LogP contribution is -2.19. The van der Waals surface area contributed by atoms with Crippen LogP contribution in [0.5, 0.6) is 5.75 Å². The molecule has 4 N–H and O–H groups in total. The van der Waals surface area contributed by atoms with Crippen LogP contribution in [0.3, 0.4) is 0 Å². The van der Waals surface area contributed by atoms with Gasteiger partial charge in [-0.3, -0.25) is 4.79 Å². The quantitative estimate of drug-likeness (QED) is 0.619. The zero-order valence-corrected chi connectivity index (χ0v) is 14.5. The molecule has 0 spiro atoms. The van der Waals surface area contributed by atoms with Crippen molar-refractivity contribution < 1.29 is 14.3 Å². The maximum absolute atomic E-state index is 12.4. The van der Waals surface area contributed by atoms with E-state index in [1.807, 2.05) is 5.38 Å². The van der Waals surface area contributed by atoms with E-state index in [1.165, 1.54) is 11.3 Å². The molecule has 8 heteroatoms. The molecule has 0 atom stereocenters. The number of nitrogens with two attached hydrogens (primary N) is 1. The van der Waals surface area contributed by atoms with Gasteiger partial charge in [0.25, 0.3) is 5.91 Å². The fraction of sp³-hybridized carbons (Fsp3) is 0.0556. The summed E-state index contributed by atoms with van der Waals surface area (Å²) in [5, 5.41) is 7.14. The number of anilines is 2. The molecule has 2 aromatic carbocycles. The SMILES string of the molecule is NC(=O)Nc1cccc(NC(=O)c2cccc(OCc3cscn3)c2)c1. The number of urea groups is 1. The van der Waals surface area contributed by atoms with Gasteiger partial charge in [0.15, 0.2) is 0 Å². The predicted molar refractivity (Wildman–Crippen MR) is 100 cm³/mol. The molecule has 7 nitrogen and oxygen atoms in total. The number of thiazole rings is 1. The van der Waals surface area contributed by atoms with Crippen molar-refractivity contribution in [1.82, 2.24) is 4.98 Å². The lowest BCUT2D eigenvalue weighted by molar-refractivity contribution is 0.102. The molecule has 26 heavy (non-hydrogen) atoms. The molecule has 0 bridgehead atoms. The van der Waals surface area contributed by atoms with Gasteiger partial charge in [0, 0.05) is 22.3 Å². The first kappa shape index (κ1) is 17.4. The van der Waals surface area contributed by atoms with Gasteiger partial charge in [0.05, 0.1) is 11.2 Å². The van der Waals surface area contributed by atoms with E-state index >= 15 is 0 Å². The van der Waals surface area contributed by atoms with Crippen LogP contribution in [0.2, 0.25) is 0 Å². The maximum atomic E-state index is 12.4. The number of nitrogens with one attached hydrogen (secondary N) is 2. The zero-order valence-electron chi connectivity index (χ0n) is 13.6. The molecular weight excluding hydrogens is 352 g/mol. The Kier molecular flexibility index (Phi) is 5.45. The van der Waals surface area contributed by atoms with Crippen molar-refractivity contribution in [2.24, 2.45) is 5.73 Å². The number of primary amides is 1. The molecule has 0 aliphatic rings. The van der Waals surface area contributed by atoms with Gasteiger partial charge in [-0.2, -0.15) is 0 Å². The van der Waals surface area contributed by atoms with Gasteiger partial charge in [-0.15, -0.1) is 11.3 Å². The van der Waals surface area contributed by atoms with Gasteiger partial charge in [-0.25, -0.2) is 9.78 Å².